The zero-order chi connectivity index (χ0) is 13.1. The third kappa shape index (κ3) is 2.73. The predicted molar refractivity (Wildman–Crippen MR) is 63.1 cm³/mol. The first-order valence-corrected chi connectivity index (χ1v) is 5.14. The van der Waals surface area contributed by atoms with Crippen LogP contribution >= 0.6 is 0 Å². The van der Waals surface area contributed by atoms with Gasteiger partial charge in [0.05, 0.1) is 11.6 Å². The van der Waals surface area contributed by atoms with Crippen molar-refractivity contribution in [2.24, 2.45) is 0 Å². The molecule has 0 bridgehead atoms. The molecule has 0 aliphatic carbocycles. The number of carboxylic acid groups (broad SMARTS) is 1. The van der Waals surface area contributed by atoms with Crippen LogP contribution in [0.3, 0.4) is 0 Å². The van der Waals surface area contributed by atoms with Crippen molar-refractivity contribution >= 4 is 5.97 Å². The minimum atomic E-state index is -1.01. The van der Waals surface area contributed by atoms with Gasteiger partial charge in [0.1, 0.15) is 11.6 Å². The maximum Gasteiger partial charge on any atom is 0.335 e. The third-order valence-electron chi connectivity index (χ3n) is 2.16. The van der Waals surface area contributed by atoms with Crippen LogP contribution in [0.5, 0.6) is 11.6 Å². The van der Waals surface area contributed by atoms with E-state index >= 15 is 0 Å². The molecule has 0 saturated heterocycles. The second kappa shape index (κ2) is 4.70. The van der Waals surface area contributed by atoms with Crippen LogP contribution in [0.15, 0.2) is 35.1 Å². The van der Waals surface area contributed by atoms with Crippen molar-refractivity contribution in [2.45, 2.75) is 6.92 Å². The van der Waals surface area contributed by atoms with Crippen molar-refractivity contribution < 1.29 is 14.6 Å². The Bertz CT molecular complexity index is 631. The predicted octanol–water partition coefficient (Wildman–Crippen LogP) is 1.57. The summed E-state index contributed by atoms with van der Waals surface area (Å²) in [6, 6.07) is 7.05. The minimum absolute atomic E-state index is 0.164. The lowest BCUT2D eigenvalue weighted by Crippen LogP contribution is -2.08. The number of nitrogens with zero attached hydrogens (tertiary/aromatic N) is 1. The van der Waals surface area contributed by atoms with E-state index < -0.39 is 5.97 Å². The van der Waals surface area contributed by atoms with Gasteiger partial charge in [0.2, 0.25) is 5.88 Å². The zero-order valence-corrected chi connectivity index (χ0v) is 9.51. The Kier molecular flexibility index (Phi) is 3.09. The average molecular weight is 246 g/mol. The molecule has 0 unspecified atom stereocenters. The number of carboxylic acids is 1. The van der Waals surface area contributed by atoms with Gasteiger partial charge in [-0.05, 0) is 31.2 Å². The van der Waals surface area contributed by atoms with Crippen LogP contribution in [0.4, 0.5) is 0 Å². The standard InChI is InChI=1S/C12H10N2O4/c1-7-13-10(15)6-11(14-7)18-9-4-2-8(3-5-9)12(16)17/h2-6H,1H3,(H,16,17)(H,13,14,15). The highest BCUT2D eigenvalue weighted by molar-refractivity contribution is 5.87. The van der Waals surface area contributed by atoms with Crippen LogP contribution in [-0.4, -0.2) is 21.0 Å². The molecule has 92 valence electrons. The highest BCUT2D eigenvalue weighted by Gasteiger charge is 2.04. The van der Waals surface area contributed by atoms with E-state index in [0.29, 0.717) is 11.6 Å². The summed E-state index contributed by atoms with van der Waals surface area (Å²) >= 11 is 0. The Morgan fingerprint density at radius 2 is 2.00 bits per heavy atom. The summed E-state index contributed by atoms with van der Waals surface area (Å²) in [5.41, 5.74) is -0.142. The molecule has 0 atom stereocenters. The molecular weight excluding hydrogens is 236 g/mol. The molecular formula is C12H10N2O4. The van der Waals surface area contributed by atoms with Gasteiger partial charge in [-0.1, -0.05) is 0 Å². The molecule has 2 aromatic rings. The zero-order valence-electron chi connectivity index (χ0n) is 9.51. The SMILES string of the molecule is Cc1nc(Oc2ccc(C(=O)O)cc2)cc(=O)[nH]1. The second-order valence-corrected chi connectivity index (χ2v) is 3.60. The number of nitrogens with one attached hydrogen (secondary N) is 1. The van der Waals surface area contributed by atoms with Gasteiger partial charge in [-0.25, -0.2) is 9.78 Å². The molecule has 6 nitrogen and oxygen atoms in total. The van der Waals surface area contributed by atoms with Gasteiger partial charge < -0.3 is 14.8 Å². The Morgan fingerprint density at radius 1 is 1.33 bits per heavy atom. The third-order valence-corrected chi connectivity index (χ3v) is 2.16. The van der Waals surface area contributed by atoms with Crippen LogP contribution in [0.25, 0.3) is 0 Å². The fraction of sp³-hybridized carbons (Fsp3) is 0.0833. The molecule has 0 aliphatic rings. The summed E-state index contributed by atoms with van der Waals surface area (Å²) in [7, 11) is 0. The largest absolute Gasteiger partial charge is 0.478 e. The number of carbonyl (C=O) groups is 1. The first-order chi connectivity index (χ1) is 8.54. The molecule has 0 amide bonds. The summed E-state index contributed by atoms with van der Waals surface area (Å²) < 4.78 is 5.35. The molecule has 0 radical (unpaired) electrons. The number of aromatic carboxylic acids is 1. The number of rotatable bonds is 3. The van der Waals surface area contributed by atoms with Crippen LogP contribution in [0.2, 0.25) is 0 Å². The number of aromatic nitrogens is 2. The van der Waals surface area contributed by atoms with Crippen molar-refractivity contribution in [3.63, 3.8) is 0 Å². The van der Waals surface area contributed by atoms with E-state index in [4.69, 9.17) is 9.84 Å². The molecule has 2 N–H and O–H groups in total. The number of benzene rings is 1. The highest BCUT2D eigenvalue weighted by atomic mass is 16.5. The summed E-state index contributed by atoms with van der Waals surface area (Å²) in [5, 5.41) is 8.74. The maximum absolute atomic E-state index is 11.2. The first kappa shape index (κ1) is 11.8. The van der Waals surface area contributed by atoms with E-state index in [0.717, 1.165) is 0 Å². The molecule has 0 aliphatic heterocycles. The maximum atomic E-state index is 11.2. The average Bonchev–Trinajstić information content (AvgIpc) is 2.28. The van der Waals surface area contributed by atoms with Crippen LogP contribution < -0.4 is 10.3 Å². The molecule has 1 heterocycles. The van der Waals surface area contributed by atoms with E-state index in [-0.39, 0.29) is 17.0 Å². The smallest absolute Gasteiger partial charge is 0.335 e. The summed E-state index contributed by atoms with van der Waals surface area (Å²) in [6.45, 7) is 1.64. The molecule has 2 rings (SSSR count). The molecule has 0 saturated carbocycles. The van der Waals surface area contributed by atoms with E-state index in [9.17, 15) is 9.59 Å². The Morgan fingerprint density at radius 3 is 2.56 bits per heavy atom. The van der Waals surface area contributed by atoms with Gasteiger partial charge in [-0.2, -0.15) is 0 Å². The highest BCUT2D eigenvalue weighted by Crippen LogP contribution is 2.18. The quantitative estimate of drug-likeness (QED) is 0.857. The summed E-state index contributed by atoms with van der Waals surface area (Å²) in [4.78, 5) is 28.3. The van der Waals surface area contributed by atoms with Gasteiger partial charge >= 0.3 is 5.97 Å². The first-order valence-electron chi connectivity index (χ1n) is 5.14. The lowest BCUT2D eigenvalue weighted by atomic mass is 10.2. The molecule has 0 spiro atoms. The molecule has 18 heavy (non-hydrogen) atoms. The number of aromatic amines is 1. The molecule has 1 aromatic heterocycles. The number of ether oxygens (including phenoxy) is 1. The lowest BCUT2D eigenvalue weighted by Gasteiger charge is -2.04. The minimum Gasteiger partial charge on any atom is -0.478 e. The van der Waals surface area contributed by atoms with Crippen molar-refractivity contribution in [3.05, 3.63) is 52.1 Å². The van der Waals surface area contributed by atoms with Crippen LogP contribution in [-0.2, 0) is 0 Å². The number of H-pyrrole nitrogens is 1. The normalized spacial score (nSPS) is 10.1. The fourth-order valence-electron chi connectivity index (χ4n) is 1.39. The van der Waals surface area contributed by atoms with Gasteiger partial charge in [0.15, 0.2) is 0 Å². The van der Waals surface area contributed by atoms with E-state index in [1.165, 1.54) is 30.3 Å². The lowest BCUT2D eigenvalue weighted by molar-refractivity contribution is 0.0697. The molecule has 6 heteroatoms. The van der Waals surface area contributed by atoms with Gasteiger partial charge in [0.25, 0.3) is 5.56 Å². The fourth-order valence-corrected chi connectivity index (χ4v) is 1.39. The van der Waals surface area contributed by atoms with E-state index in [1.807, 2.05) is 0 Å². The van der Waals surface area contributed by atoms with Crippen molar-refractivity contribution in [3.8, 4) is 11.6 Å². The summed E-state index contributed by atoms with van der Waals surface area (Å²) in [5.74, 6) is 0.0168. The van der Waals surface area contributed by atoms with Gasteiger partial charge in [0, 0.05) is 0 Å². The number of aryl methyl sites for hydroxylation is 1. The van der Waals surface area contributed by atoms with Gasteiger partial charge in [-0.15, -0.1) is 0 Å². The Balaban J connectivity index is 2.23. The van der Waals surface area contributed by atoms with Gasteiger partial charge in [-0.3, -0.25) is 4.79 Å². The van der Waals surface area contributed by atoms with Crippen LogP contribution in [0.1, 0.15) is 16.2 Å². The second-order valence-electron chi connectivity index (χ2n) is 3.60. The molecule has 0 fully saturated rings. The monoisotopic (exact) mass is 246 g/mol. The number of hydrogen-bond acceptors (Lipinski definition) is 4. The van der Waals surface area contributed by atoms with Crippen molar-refractivity contribution in [2.75, 3.05) is 0 Å². The topological polar surface area (TPSA) is 92.3 Å². The Hall–Kier alpha value is -2.63. The van der Waals surface area contributed by atoms with E-state index in [1.54, 1.807) is 6.92 Å². The Labute approximate surface area is 102 Å². The van der Waals surface area contributed by atoms with Crippen molar-refractivity contribution in [1.29, 1.82) is 0 Å². The molecule has 1 aromatic carbocycles. The van der Waals surface area contributed by atoms with Crippen LogP contribution in [0, 0.1) is 6.92 Å². The summed E-state index contributed by atoms with van der Waals surface area (Å²) in [6.07, 6.45) is 0. The van der Waals surface area contributed by atoms with Crippen molar-refractivity contribution in [1.82, 2.24) is 9.97 Å². The number of hydrogen-bond donors (Lipinski definition) is 2. The van der Waals surface area contributed by atoms with E-state index in [2.05, 4.69) is 9.97 Å².